The number of carbonyl (C=O) groups excluding carboxylic acids is 1. The molecule has 4 aromatic rings. The molecule has 33 heavy (non-hydrogen) atoms. The molecule has 0 unspecified atom stereocenters. The van der Waals surface area contributed by atoms with Crippen molar-refractivity contribution in [2.75, 3.05) is 5.32 Å². The highest BCUT2D eigenvalue weighted by Gasteiger charge is 2.07. The van der Waals surface area contributed by atoms with Crippen LogP contribution in [0.1, 0.15) is 21.8 Å². The number of aryl methyl sites for hydroxylation is 2. The highest BCUT2D eigenvalue weighted by molar-refractivity contribution is 7.99. The second-order valence-corrected chi connectivity index (χ2v) is 9.22. The van der Waals surface area contributed by atoms with Crippen LogP contribution in [0.25, 0.3) is 6.08 Å². The minimum Gasteiger partial charge on any atom is -0.487 e. The Balaban J connectivity index is 1.38. The van der Waals surface area contributed by atoms with Crippen LogP contribution in [0.2, 0.25) is 0 Å². The summed E-state index contributed by atoms with van der Waals surface area (Å²) in [6.07, 6.45) is 6.69. The predicted molar refractivity (Wildman–Crippen MR) is 133 cm³/mol. The second-order valence-electron chi connectivity index (χ2n) is 7.12. The van der Waals surface area contributed by atoms with Crippen LogP contribution in [-0.4, -0.2) is 20.9 Å². The fraction of sp³-hybridized carbons (Fsp3) is 0.120. The molecule has 2 aromatic carbocycles. The Hall–Kier alpha value is -3.49. The number of aromatic nitrogens is 3. The van der Waals surface area contributed by atoms with Crippen molar-refractivity contribution < 1.29 is 9.53 Å². The van der Waals surface area contributed by atoms with E-state index in [0.29, 0.717) is 17.5 Å². The van der Waals surface area contributed by atoms with Gasteiger partial charge in [-0.1, -0.05) is 18.2 Å². The van der Waals surface area contributed by atoms with Crippen LogP contribution in [0.5, 0.6) is 5.75 Å². The monoisotopic (exact) mass is 474 g/mol. The summed E-state index contributed by atoms with van der Waals surface area (Å²) in [6.45, 7) is 4.31. The molecule has 0 aliphatic carbocycles. The van der Waals surface area contributed by atoms with Gasteiger partial charge in [-0.25, -0.2) is 15.0 Å². The molecule has 0 bridgehead atoms. The van der Waals surface area contributed by atoms with Crippen LogP contribution in [0.4, 0.5) is 5.69 Å². The molecule has 4 rings (SSSR count). The number of nitrogens with one attached hydrogen (secondary N) is 1. The molecule has 0 atom stereocenters. The number of nitrogens with zero attached hydrogens (tertiary/aromatic N) is 3. The molecule has 0 saturated carbocycles. The lowest BCUT2D eigenvalue weighted by atomic mass is 10.1. The summed E-state index contributed by atoms with van der Waals surface area (Å²) in [4.78, 5) is 26.4. The van der Waals surface area contributed by atoms with Gasteiger partial charge >= 0.3 is 0 Å². The maximum atomic E-state index is 12.5. The maximum absolute atomic E-state index is 12.5. The number of anilines is 1. The van der Waals surface area contributed by atoms with Gasteiger partial charge in [0.1, 0.15) is 12.4 Å². The minimum absolute atomic E-state index is 0.213. The number of amides is 1. The third kappa shape index (κ3) is 6.50. The van der Waals surface area contributed by atoms with Crippen LogP contribution in [0.15, 0.2) is 82.4 Å². The van der Waals surface area contributed by atoms with Crippen LogP contribution in [-0.2, 0) is 11.4 Å². The van der Waals surface area contributed by atoms with Crippen molar-refractivity contribution >= 4 is 40.8 Å². The molecule has 0 aliphatic heterocycles. The van der Waals surface area contributed by atoms with Gasteiger partial charge < -0.3 is 10.1 Å². The zero-order chi connectivity index (χ0) is 23.0. The second kappa shape index (κ2) is 10.9. The van der Waals surface area contributed by atoms with Crippen molar-refractivity contribution in [1.29, 1.82) is 0 Å². The Morgan fingerprint density at radius 2 is 1.94 bits per heavy atom. The van der Waals surface area contributed by atoms with Crippen LogP contribution < -0.4 is 10.1 Å². The van der Waals surface area contributed by atoms with Gasteiger partial charge in [-0.3, -0.25) is 4.79 Å². The van der Waals surface area contributed by atoms with Crippen LogP contribution in [0.3, 0.4) is 0 Å². The molecule has 0 saturated heterocycles. The van der Waals surface area contributed by atoms with Gasteiger partial charge in [0.2, 0.25) is 5.91 Å². The number of rotatable bonds is 8. The molecule has 0 radical (unpaired) electrons. The first-order valence-electron chi connectivity index (χ1n) is 10.2. The van der Waals surface area contributed by atoms with Crippen LogP contribution >= 0.6 is 23.1 Å². The lowest BCUT2D eigenvalue weighted by molar-refractivity contribution is -0.111. The lowest BCUT2D eigenvalue weighted by Crippen LogP contribution is -2.09. The maximum Gasteiger partial charge on any atom is 0.248 e. The number of carbonyl (C=O) groups is 1. The van der Waals surface area contributed by atoms with Crippen molar-refractivity contribution in [3.8, 4) is 5.75 Å². The Kier molecular flexibility index (Phi) is 7.49. The van der Waals surface area contributed by atoms with Gasteiger partial charge in [0.15, 0.2) is 5.16 Å². The SMILES string of the molecule is Cc1nc(COc2ccccc2/C=C/C(=O)Nc2ccc(Sc3ncccn3)cc2C)cs1. The van der Waals surface area contributed by atoms with Gasteiger partial charge in [0.05, 0.1) is 10.7 Å². The number of hydrogen-bond acceptors (Lipinski definition) is 7. The smallest absolute Gasteiger partial charge is 0.248 e. The van der Waals surface area contributed by atoms with Crippen molar-refractivity contribution in [3.63, 3.8) is 0 Å². The summed E-state index contributed by atoms with van der Waals surface area (Å²) in [5.41, 5.74) is 3.43. The molecular weight excluding hydrogens is 452 g/mol. The summed E-state index contributed by atoms with van der Waals surface area (Å²) < 4.78 is 5.92. The van der Waals surface area contributed by atoms with E-state index in [4.69, 9.17) is 4.74 Å². The molecule has 6 nitrogen and oxygen atoms in total. The first kappa shape index (κ1) is 22.7. The Bertz CT molecular complexity index is 1270. The van der Waals surface area contributed by atoms with Crippen molar-refractivity contribution in [1.82, 2.24) is 15.0 Å². The lowest BCUT2D eigenvalue weighted by Gasteiger charge is -2.09. The third-order valence-electron chi connectivity index (χ3n) is 4.58. The molecule has 0 aliphatic rings. The molecular formula is C25H22N4O2S2. The van der Waals surface area contributed by atoms with E-state index in [2.05, 4.69) is 20.3 Å². The van der Waals surface area contributed by atoms with Crippen molar-refractivity contribution in [2.24, 2.45) is 0 Å². The van der Waals surface area contributed by atoms with E-state index >= 15 is 0 Å². The topological polar surface area (TPSA) is 77.0 Å². The molecule has 0 fully saturated rings. The molecule has 0 spiro atoms. The number of ether oxygens (including phenoxy) is 1. The van der Waals surface area contributed by atoms with Gasteiger partial charge in [-0.05, 0) is 67.6 Å². The Morgan fingerprint density at radius 1 is 1.12 bits per heavy atom. The average molecular weight is 475 g/mol. The number of para-hydroxylation sites is 1. The summed E-state index contributed by atoms with van der Waals surface area (Å²) in [6, 6.07) is 15.2. The summed E-state index contributed by atoms with van der Waals surface area (Å²) in [5.74, 6) is 0.489. The van der Waals surface area contributed by atoms with E-state index in [1.165, 1.54) is 17.8 Å². The molecule has 1 N–H and O–H groups in total. The predicted octanol–water partition coefficient (Wildman–Crippen LogP) is 5.93. The number of thiazole rings is 1. The summed E-state index contributed by atoms with van der Waals surface area (Å²) >= 11 is 3.07. The normalized spacial score (nSPS) is 11.0. The highest BCUT2D eigenvalue weighted by Crippen LogP contribution is 2.28. The first-order valence-corrected chi connectivity index (χ1v) is 11.9. The average Bonchev–Trinajstić information content (AvgIpc) is 3.24. The van der Waals surface area contributed by atoms with E-state index in [9.17, 15) is 4.79 Å². The Morgan fingerprint density at radius 3 is 2.70 bits per heavy atom. The van der Waals surface area contributed by atoms with E-state index in [0.717, 1.165) is 32.4 Å². The standard InChI is InChI=1S/C25H22N4O2S2/c1-17-14-21(33-25-26-12-5-13-27-25)9-10-22(17)29-24(30)11-8-19-6-3-4-7-23(19)31-15-20-16-32-18(2)28-20/h3-14,16H,15H2,1-2H3,(H,29,30)/b11-8+. The van der Waals surface area contributed by atoms with Gasteiger partial charge in [-0.15, -0.1) is 11.3 Å². The summed E-state index contributed by atoms with van der Waals surface area (Å²) in [5, 5.41) is 6.61. The van der Waals surface area contributed by atoms with Crippen molar-refractivity contribution in [2.45, 2.75) is 30.5 Å². The molecule has 166 valence electrons. The molecule has 2 aromatic heterocycles. The van der Waals surface area contributed by atoms with E-state index in [-0.39, 0.29) is 5.91 Å². The fourth-order valence-electron chi connectivity index (χ4n) is 3.00. The van der Waals surface area contributed by atoms with Crippen molar-refractivity contribution in [3.05, 3.63) is 94.2 Å². The zero-order valence-electron chi connectivity index (χ0n) is 18.2. The van der Waals surface area contributed by atoms with E-state index < -0.39 is 0 Å². The number of benzene rings is 2. The number of hydrogen-bond donors (Lipinski definition) is 1. The van der Waals surface area contributed by atoms with Gasteiger partial charge in [0.25, 0.3) is 0 Å². The largest absolute Gasteiger partial charge is 0.487 e. The first-order chi connectivity index (χ1) is 16.1. The van der Waals surface area contributed by atoms with E-state index in [1.807, 2.05) is 61.7 Å². The quantitative estimate of drug-likeness (QED) is 0.252. The van der Waals surface area contributed by atoms with E-state index in [1.54, 1.807) is 35.9 Å². The third-order valence-corrected chi connectivity index (χ3v) is 6.29. The summed E-state index contributed by atoms with van der Waals surface area (Å²) in [7, 11) is 0. The minimum atomic E-state index is -0.213. The molecule has 2 heterocycles. The molecule has 8 heteroatoms. The zero-order valence-corrected chi connectivity index (χ0v) is 19.8. The molecule has 1 amide bonds. The Labute approximate surface area is 200 Å². The fourth-order valence-corrected chi connectivity index (χ4v) is 4.41. The van der Waals surface area contributed by atoms with Crippen LogP contribution in [0, 0.1) is 13.8 Å². The van der Waals surface area contributed by atoms with Gasteiger partial charge in [-0.2, -0.15) is 0 Å². The highest BCUT2D eigenvalue weighted by atomic mass is 32.2. The van der Waals surface area contributed by atoms with Gasteiger partial charge in [0, 0.05) is 40.0 Å².